The molecule has 116 valence electrons. The van der Waals surface area contributed by atoms with Gasteiger partial charge in [0, 0.05) is 12.1 Å². The van der Waals surface area contributed by atoms with Crippen molar-refractivity contribution in [3.63, 3.8) is 0 Å². The Hall–Kier alpha value is -1.95. The molecule has 0 unspecified atom stereocenters. The fourth-order valence-electron chi connectivity index (χ4n) is 2.62. The Bertz CT molecular complexity index is 677. The number of hydrogen-bond acceptors (Lipinski definition) is 5. The van der Waals surface area contributed by atoms with Crippen LogP contribution in [0.5, 0.6) is 0 Å². The maximum Gasteiger partial charge on any atom is 0.414 e. The van der Waals surface area contributed by atoms with E-state index in [0.717, 1.165) is 34.7 Å². The molecule has 0 fully saturated rings. The molecule has 1 aliphatic rings. The van der Waals surface area contributed by atoms with Gasteiger partial charge in [0.25, 0.3) is 0 Å². The Balaban J connectivity index is 1.98. The van der Waals surface area contributed by atoms with Crippen molar-refractivity contribution < 1.29 is 9.53 Å². The van der Waals surface area contributed by atoms with Crippen LogP contribution in [-0.2, 0) is 11.2 Å². The fourth-order valence-corrected chi connectivity index (χ4v) is 3.23. The highest BCUT2D eigenvalue weighted by molar-refractivity contribution is 7.12. The zero-order valence-electron chi connectivity index (χ0n) is 13.0. The minimum atomic E-state index is -0.495. The summed E-state index contributed by atoms with van der Waals surface area (Å²) in [5, 5.41) is 8.96. The van der Waals surface area contributed by atoms with Crippen LogP contribution in [-0.4, -0.2) is 28.4 Å². The topological polar surface area (TPSA) is 55.3 Å². The lowest BCUT2D eigenvalue weighted by molar-refractivity contribution is 0.0578. The molecule has 1 aliphatic heterocycles. The number of nitrogens with zero attached hydrogens (tertiary/aromatic N) is 3. The Morgan fingerprint density at radius 2 is 2.18 bits per heavy atom. The van der Waals surface area contributed by atoms with E-state index in [-0.39, 0.29) is 6.09 Å². The maximum absolute atomic E-state index is 12.5. The van der Waals surface area contributed by atoms with Crippen LogP contribution < -0.4 is 4.90 Å². The molecular formula is C16H19N3O2S. The van der Waals surface area contributed by atoms with Crippen LogP contribution in [0.2, 0.25) is 0 Å². The van der Waals surface area contributed by atoms with Crippen LogP contribution in [0.15, 0.2) is 23.7 Å². The second kappa shape index (κ2) is 5.68. The number of fused-ring (bicyclic) bond motifs is 1. The van der Waals surface area contributed by atoms with Crippen molar-refractivity contribution >= 4 is 23.1 Å². The third kappa shape index (κ3) is 2.97. The number of hydrogen-bond donors (Lipinski definition) is 0. The van der Waals surface area contributed by atoms with E-state index in [2.05, 4.69) is 10.2 Å². The molecule has 1 aromatic carbocycles. The van der Waals surface area contributed by atoms with Crippen LogP contribution in [0, 0.1) is 0 Å². The van der Waals surface area contributed by atoms with Gasteiger partial charge in [0.1, 0.15) is 16.1 Å². The molecule has 0 spiro atoms. The predicted molar refractivity (Wildman–Crippen MR) is 87.2 cm³/mol. The largest absolute Gasteiger partial charge is 0.443 e. The van der Waals surface area contributed by atoms with Gasteiger partial charge in [0.15, 0.2) is 0 Å². The van der Waals surface area contributed by atoms with Gasteiger partial charge in [-0.15, -0.1) is 10.2 Å². The number of benzene rings is 1. The van der Waals surface area contributed by atoms with Gasteiger partial charge in [-0.25, -0.2) is 4.79 Å². The van der Waals surface area contributed by atoms with Crippen molar-refractivity contribution in [3.05, 3.63) is 29.3 Å². The number of carbonyl (C=O) groups excluding carboxylic acids is 1. The Labute approximate surface area is 133 Å². The summed E-state index contributed by atoms with van der Waals surface area (Å²) in [6, 6.07) is 5.97. The summed E-state index contributed by atoms with van der Waals surface area (Å²) >= 11 is 1.51. The maximum atomic E-state index is 12.5. The molecule has 2 heterocycles. The summed E-state index contributed by atoms with van der Waals surface area (Å²) in [7, 11) is 0. The van der Waals surface area contributed by atoms with Crippen molar-refractivity contribution in [2.24, 2.45) is 0 Å². The molecule has 2 aromatic rings. The van der Waals surface area contributed by atoms with E-state index in [1.807, 2.05) is 39.0 Å². The van der Waals surface area contributed by atoms with Crippen LogP contribution in [0.25, 0.3) is 10.6 Å². The van der Waals surface area contributed by atoms with Crippen molar-refractivity contribution in [1.29, 1.82) is 0 Å². The van der Waals surface area contributed by atoms with Gasteiger partial charge in [-0.1, -0.05) is 23.5 Å². The van der Waals surface area contributed by atoms with Gasteiger partial charge in [0.05, 0.1) is 5.69 Å². The van der Waals surface area contributed by atoms with Crippen molar-refractivity contribution in [1.82, 2.24) is 10.2 Å². The third-order valence-corrected chi connectivity index (χ3v) is 4.18. The lowest BCUT2D eigenvalue weighted by atomic mass is 9.97. The molecule has 0 N–H and O–H groups in total. The molecule has 5 nitrogen and oxygen atoms in total. The predicted octanol–water partition coefficient (Wildman–Crippen LogP) is 3.89. The fraction of sp³-hybridized carbons (Fsp3) is 0.438. The second-order valence-corrected chi connectivity index (χ2v) is 7.12. The molecule has 0 atom stereocenters. The van der Waals surface area contributed by atoms with E-state index >= 15 is 0 Å². The third-order valence-electron chi connectivity index (χ3n) is 3.45. The standard InChI is InChI=1S/C16H19N3O2S/c1-16(2,3)21-15(20)19-9-5-7-11-12(6-4-8-13(11)19)14-18-17-10-22-14/h4,6,8,10H,5,7,9H2,1-3H3. The summed E-state index contributed by atoms with van der Waals surface area (Å²) in [6.45, 7) is 6.33. The second-order valence-electron chi connectivity index (χ2n) is 6.28. The van der Waals surface area contributed by atoms with Crippen molar-refractivity contribution in [3.8, 4) is 10.6 Å². The molecule has 0 radical (unpaired) electrons. The normalized spacial score (nSPS) is 14.6. The molecule has 1 aromatic heterocycles. The summed E-state index contributed by atoms with van der Waals surface area (Å²) in [5.74, 6) is 0. The molecule has 0 aliphatic carbocycles. The highest BCUT2D eigenvalue weighted by atomic mass is 32.1. The minimum absolute atomic E-state index is 0.289. The number of amides is 1. The first-order chi connectivity index (χ1) is 10.5. The Morgan fingerprint density at radius 1 is 1.36 bits per heavy atom. The molecule has 6 heteroatoms. The van der Waals surface area contributed by atoms with Crippen LogP contribution >= 0.6 is 11.3 Å². The minimum Gasteiger partial charge on any atom is -0.443 e. The van der Waals surface area contributed by atoms with Crippen molar-refractivity contribution in [2.45, 2.75) is 39.2 Å². The summed E-state index contributed by atoms with van der Waals surface area (Å²) < 4.78 is 5.53. The van der Waals surface area contributed by atoms with Gasteiger partial charge in [-0.2, -0.15) is 0 Å². The highest BCUT2D eigenvalue weighted by Crippen LogP contribution is 2.36. The zero-order chi connectivity index (χ0) is 15.7. The zero-order valence-corrected chi connectivity index (χ0v) is 13.8. The van der Waals surface area contributed by atoms with Crippen molar-refractivity contribution in [2.75, 3.05) is 11.4 Å². The lowest BCUT2D eigenvalue weighted by Crippen LogP contribution is -2.39. The number of aromatic nitrogens is 2. The van der Waals surface area contributed by atoms with E-state index in [4.69, 9.17) is 4.74 Å². The van der Waals surface area contributed by atoms with Crippen LogP contribution in [0.4, 0.5) is 10.5 Å². The summed E-state index contributed by atoms with van der Waals surface area (Å²) in [4.78, 5) is 14.2. The number of carbonyl (C=O) groups is 1. The van der Waals surface area contributed by atoms with Gasteiger partial charge < -0.3 is 4.74 Å². The summed E-state index contributed by atoms with van der Waals surface area (Å²) in [6.07, 6.45) is 1.56. The SMILES string of the molecule is CC(C)(C)OC(=O)N1CCCc2c(-c3nncs3)cccc21. The smallest absolute Gasteiger partial charge is 0.414 e. The first kappa shape index (κ1) is 15.0. The average molecular weight is 317 g/mol. The molecule has 0 saturated heterocycles. The Morgan fingerprint density at radius 3 is 2.86 bits per heavy atom. The highest BCUT2D eigenvalue weighted by Gasteiger charge is 2.28. The number of anilines is 1. The van der Waals surface area contributed by atoms with E-state index in [1.165, 1.54) is 11.3 Å². The molecular weight excluding hydrogens is 298 g/mol. The first-order valence-electron chi connectivity index (χ1n) is 7.35. The molecule has 0 bridgehead atoms. The van der Waals surface area contributed by atoms with Gasteiger partial charge in [-0.05, 0) is 45.2 Å². The van der Waals surface area contributed by atoms with Crippen LogP contribution in [0.1, 0.15) is 32.8 Å². The lowest BCUT2D eigenvalue weighted by Gasteiger charge is -2.32. The van der Waals surface area contributed by atoms with Gasteiger partial charge >= 0.3 is 6.09 Å². The number of rotatable bonds is 1. The van der Waals surface area contributed by atoms with E-state index < -0.39 is 5.60 Å². The van der Waals surface area contributed by atoms with Gasteiger partial charge in [0.2, 0.25) is 0 Å². The monoisotopic (exact) mass is 317 g/mol. The molecule has 0 saturated carbocycles. The molecule has 1 amide bonds. The molecule has 22 heavy (non-hydrogen) atoms. The number of ether oxygens (including phenoxy) is 1. The Kier molecular flexibility index (Phi) is 3.87. The quantitative estimate of drug-likeness (QED) is 0.800. The van der Waals surface area contributed by atoms with Gasteiger partial charge in [-0.3, -0.25) is 4.90 Å². The average Bonchev–Trinajstić information content (AvgIpc) is 2.98. The summed E-state index contributed by atoms with van der Waals surface area (Å²) in [5.41, 5.74) is 4.37. The molecule has 3 rings (SSSR count). The van der Waals surface area contributed by atoms with E-state index in [9.17, 15) is 4.79 Å². The van der Waals surface area contributed by atoms with E-state index in [1.54, 1.807) is 10.4 Å². The van der Waals surface area contributed by atoms with Crippen LogP contribution in [0.3, 0.4) is 0 Å². The van der Waals surface area contributed by atoms with E-state index in [0.29, 0.717) is 6.54 Å². The first-order valence-corrected chi connectivity index (χ1v) is 8.22.